The Labute approximate surface area is 114 Å². The first-order chi connectivity index (χ1) is 9.13. The van der Waals surface area contributed by atoms with Gasteiger partial charge in [-0.3, -0.25) is 4.90 Å². The van der Waals surface area contributed by atoms with Gasteiger partial charge in [-0.25, -0.2) is 4.39 Å². The van der Waals surface area contributed by atoms with Crippen LogP contribution >= 0.6 is 11.6 Å². The standard InChI is InChI=1S/C12H10ClFN4O/c1-2-11-16-12(19-17-11)6-18(7-15)8-3-4-10(14)9(13)5-8/h3-5H,2,6H2,1H3. The summed E-state index contributed by atoms with van der Waals surface area (Å²) in [5.74, 6) is 0.359. The van der Waals surface area contributed by atoms with Gasteiger partial charge >= 0.3 is 0 Å². The Balaban J connectivity index is 2.20. The molecule has 0 bridgehead atoms. The molecule has 19 heavy (non-hydrogen) atoms. The molecule has 0 amide bonds. The Morgan fingerprint density at radius 3 is 2.89 bits per heavy atom. The van der Waals surface area contributed by atoms with Crippen molar-refractivity contribution < 1.29 is 8.91 Å². The monoisotopic (exact) mass is 280 g/mol. The Kier molecular flexibility index (Phi) is 3.97. The average molecular weight is 281 g/mol. The van der Waals surface area contributed by atoms with Crippen molar-refractivity contribution in [3.63, 3.8) is 0 Å². The van der Waals surface area contributed by atoms with Crippen LogP contribution in [-0.4, -0.2) is 10.1 Å². The van der Waals surface area contributed by atoms with Gasteiger partial charge in [0.25, 0.3) is 0 Å². The van der Waals surface area contributed by atoms with E-state index >= 15 is 0 Å². The lowest BCUT2D eigenvalue weighted by molar-refractivity contribution is 0.374. The third-order valence-corrected chi connectivity index (χ3v) is 2.74. The number of hydrogen-bond donors (Lipinski definition) is 0. The van der Waals surface area contributed by atoms with Crippen molar-refractivity contribution in [1.29, 1.82) is 5.26 Å². The normalized spacial score (nSPS) is 10.2. The van der Waals surface area contributed by atoms with E-state index in [-0.39, 0.29) is 11.6 Å². The third-order valence-electron chi connectivity index (χ3n) is 2.46. The molecule has 0 spiro atoms. The summed E-state index contributed by atoms with van der Waals surface area (Å²) in [6.07, 6.45) is 2.62. The van der Waals surface area contributed by atoms with E-state index in [1.807, 2.05) is 13.1 Å². The molecule has 0 unspecified atom stereocenters. The van der Waals surface area contributed by atoms with Crippen LogP contribution in [0.15, 0.2) is 22.7 Å². The number of nitrogens with zero attached hydrogens (tertiary/aromatic N) is 4. The van der Waals surface area contributed by atoms with Gasteiger partial charge in [0, 0.05) is 6.42 Å². The molecule has 2 rings (SSSR count). The van der Waals surface area contributed by atoms with Gasteiger partial charge in [0.1, 0.15) is 12.4 Å². The number of anilines is 1. The first-order valence-corrected chi connectivity index (χ1v) is 5.95. The second-order valence-corrected chi connectivity index (χ2v) is 4.15. The molecule has 5 nitrogen and oxygen atoms in total. The Hall–Kier alpha value is -2.13. The predicted octanol–water partition coefficient (Wildman–Crippen LogP) is 2.91. The number of benzene rings is 1. The first-order valence-electron chi connectivity index (χ1n) is 5.57. The van der Waals surface area contributed by atoms with Gasteiger partial charge in [0.05, 0.1) is 10.7 Å². The summed E-state index contributed by atoms with van der Waals surface area (Å²) in [6.45, 7) is 2.02. The fraction of sp³-hybridized carbons (Fsp3) is 0.250. The van der Waals surface area contributed by atoms with Crippen LogP contribution in [0, 0.1) is 17.3 Å². The summed E-state index contributed by atoms with van der Waals surface area (Å²) >= 11 is 5.68. The van der Waals surface area contributed by atoms with Crippen LogP contribution in [0.25, 0.3) is 0 Å². The molecule has 0 saturated heterocycles. The highest BCUT2D eigenvalue weighted by atomic mass is 35.5. The van der Waals surface area contributed by atoms with Gasteiger partial charge < -0.3 is 4.52 Å². The second kappa shape index (κ2) is 5.67. The zero-order chi connectivity index (χ0) is 13.8. The summed E-state index contributed by atoms with van der Waals surface area (Å²) < 4.78 is 18.1. The lowest BCUT2D eigenvalue weighted by Crippen LogP contribution is -2.16. The van der Waals surface area contributed by atoms with E-state index in [9.17, 15) is 4.39 Å². The van der Waals surface area contributed by atoms with Crippen molar-refractivity contribution in [1.82, 2.24) is 10.1 Å². The minimum absolute atomic E-state index is 0.0440. The maximum absolute atomic E-state index is 13.1. The molecule has 7 heteroatoms. The van der Waals surface area contributed by atoms with E-state index in [1.54, 1.807) is 0 Å². The Bertz CT molecular complexity index is 622. The van der Waals surface area contributed by atoms with Crippen LogP contribution in [0.1, 0.15) is 18.6 Å². The second-order valence-electron chi connectivity index (χ2n) is 3.74. The van der Waals surface area contributed by atoms with Gasteiger partial charge in [0.15, 0.2) is 12.0 Å². The molecule has 0 fully saturated rings. The fourth-order valence-electron chi connectivity index (χ4n) is 1.47. The quantitative estimate of drug-likeness (QED) is 0.636. The van der Waals surface area contributed by atoms with Crippen LogP contribution in [0.3, 0.4) is 0 Å². The molecule has 1 aromatic heterocycles. The topological polar surface area (TPSA) is 66.0 Å². The fourth-order valence-corrected chi connectivity index (χ4v) is 1.65. The third kappa shape index (κ3) is 3.01. The number of aromatic nitrogens is 2. The Morgan fingerprint density at radius 1 is 1.53 bits per heavy atom. The maximum atomic E-state index is 13.1. The molecule has 0 radical (unpaired) electrons. The maximum Gasteiger partial charge on any atom is 0.247 e. The zero-order valence-electron chi connectivity index (χ0n) is 10.1. The predicted molar refractivity (Wildman–Crippen MR) is 66.9 cm³/mol. The van der Waals surface area contributed by atoms with Crippen molar-refractivity contribution in [2.45, 2.75) is 19.9 Å². The van der Waals surface area contributed by atoms with Gasteiger partial charge in [-0.1, -0.05) is 23.7 Å². The van der Waals surface area contributed by atoms with Crippen molar-refractivity contribution >= 4 is 17.3 Å². The van der Waals surface area contributed by atoms with Crippen LogP contribution in [0.2, 0.25) is 5.02 Å². The average Bonchev–Trinajstić information content (AvgIpc) is 2.87. The van der Waals surface area contributed by atoms with Crippen LogP contribution in [0.5, 0.6) is 0 Å². The molecule has 0 aliphatic heterocycles. The van der Waals surface area contributed by atoms with Crippen LogP contribution < -0.4 is 4.90 Å². The van der Waals surface area contributed by atoms with Gasteiger partial charge in [-0.15, -0.1) is 0 Å². The summed E-state index contributed by atoms with van der Waals surface area (Å²) in [7, 11) is 0. The van der Waals surface area contributed by atoms with E-state index in [1.165, 1.54) is 23.1 Å². The highest BCUT2D eigenvalue weighted by Gasteiger charge is 2.13. The number of aryl methyl sites for hydroxylation is 1. The molecular weight excluding hydrogens is 271 g/mol. The highest BCUT2D eigenvalue weighted by molar-refractivity contribution is 6.31. The molecule has 0 atom stereocenters. The van der Waals surface area contributed by atoms with Crippen molar-refractivity contribution in [3.8, 4) is 6.19 Å². The smallest absolute Gasteiger partial charge is 0.247 e. The summed E-state index contributed by atoms with van der Waals surface area (Å²) in [5.41, 5.74) is 0.463. The van der Waals surface area contributed by atoms with Gasteiger partial charge in [-0.05, 0) is 18.2 Å². The Morgan fingerprint density at radius 2 is 2.32 bits per heavy atom. The van der Waals surface area contributed by atoms with E-state index < -0.39 is 5.82 Å². The number of nitriles is 1. The molecule has 2 aromatic rings. The molecule has 98 valence electrons. The van der Waals surface area contributed by atoms with E-state index in [4.69, 9.17) is 21.4 Å². The zero-order valence-corrected chi connectivity index (χ0v) is 10.9. The lowest BCUT2D eigenvalue weighted by Gasteiger charge is -2.13. The molecular formula is C12H10ClFN4O. The largest absolute Gasteiger partial charge is 0.337 e. The SMILES string of the molecule is CCc1noc(CN(C#N)c2ccc(F)c(Cl)c2)n1. The summed E-state index contributed by atoms with van der Waals surface area (Å²) in [6, 6.07) is 4.03. The molecule has 0 N–H and O–H groups in total. The summed E-state index contributed by atoms with van der Waals surface area (Å²) in [4.78, 5) is 5.39. The highest BCUT2D eigenvalue weighted by Crippen LogP contribution is 2.23. The first kappa shape index (κ1) is 13.3. The minimum atomic E-state index is -0.533. The molecule has 1 aromatic carbocycles. The molecule has 0 aliphatic carbocycles. The number of rotatable bonds is 4. The number of halogens is 2. The van der Waals surface area contributed by atoms with Crippen molar-refractivity contribution in [2.24, 2.45) is 0 Å². The van der Waals surface area contributed by atoms with Gasteiger partial charge in [0.2, 0.25) is 5.89 Å². The van der Waals surface area contributed by atoms with Crippen molar-refractivity contribution in [2.75, 3.05) is 4.90 Å². The lowest BCUT2D eigenvalue weighted by atomic mass is 10.3. The molecule has 1 heterocycles. The molecule has 0 saturated carbocycles. The molecule has 0 aliphatic rings. The van der Waals surface area contributed by atoms with Crippen molar-refractivity contribution in [3.05, 3.63) is 40.8 Å². The van der Waals surface area contributed by atoms with Crippen LogP contribution in [-0.2, 0) is 13.0 Å². The van der Waals surface area contributed by atoms with Crippen LogP contribution in [0.4, 0.5) is 10.1 Å². The number of hydrogen-bond acceptors (Lipinski definition) is 5. The van der Waals surface area contributed by atoms with Gasteiger partial charge in [-0.2, -0.15) is 10.2 Å². The van der Waals surface area contributed by atoms with E-state index in [2.05, 4.69) is 10.1 Å². The minimum Gasteiger partial charge on any atom is -0.337 e. The van der Waals surface area contributed by atoms with E-state index in [0.29, 0.717) is 23.8 Å². The summed E-state index contributed by atoms with van der Waals surface area (Å²) in [5, 5.41) is 12.8. The van der Waals surface area contributed by atoms with E-state index in [0.717, 1.165) is 0 Å².